The SMILES string of the molecule is CCC(CNC(=O)c1ccccc1C)c1ccccc1. The second kappa shape index (κ2) is 6.90. The molecule has 0 aliphatic heterocycles. The molecule has 2 aromatic rings. The third kappa shape index (κ3) is 3.47. The lowest BCUT2D eigenvalue weighted by molar-refractivity contribution is 0.0950. The van der Waals surface area contributed by atoms with Crippen LogP contribution in [0.25, 0.3) is 0 Å². The van der Waals surface area contributed by atoms with Gasteiger partial charge in [0.1, 0.15) is 0 Å². The molecule has 0 radical (unpaired) electrons. The van der Waals surface area contributed by atoms with Crippen LogP contribution >= 0.6 is 0 Å². The zero-order chi connectivity index (χ0) is 14.4. The maximum atomic E-state index is 12.2. The second-order valence-electron chi connectivity index (χ2n) is 5.04. The fourth-order valence-corrected chi connectivity index (χ4v) is 2.36. The monoisotopic (exact) mass is 267 g/mol. The molecule has 0 fully saturated rings. The molecule has 0 bridgehead atoms. The Kier molecular flexibility index (Phi) is 4.94. The molecule has 1 unspecified atom stereocenters. The molecule has 1 amide bonds. The first kappa shape index (κ1) is 14.3. The lowest BCUT2D eigenvalue weighted by Gasteiger charge is -2.16. The second-order valence-corrected chi connectivity index (χ2v) is 5.04. The molecule has 0 aliphatic carbocycles. The first-order chi connectivity index (χ1) is 9.72. The lowest BCUT2D eigenvalue weighted by atomic mass is 9.96. The largest absolute Gasteiger partial charge is 0.351 e. The summed E-state index contributed by atoms with van der Waals surface area (Å²) in [5, 5.41) is 3.05. The Bertz CT molecular complexity index is 563. The lowest BCUT2D eigenvalue weighted by Crippen LogP contribution is -2.28. The molecular weight excluding hydrogens is 246 g/mol. The summed E-state index contributed by atoms with van der Waals surface area (Å²) >= 11 is 0. The van der Waals surface area contributed by atoms with Crippen LogP contribution in [0.5, 0.6) is 0 Å². The van der Waals surface area contributed by atoms with Gasteiger partial charge in [0, 0.05) is 18.0 Å². The Labute approximate surface area is 120 Å². The number of hydrogen-bond acceptors (Lipinski definition) is 1. The van der Waals surface area contributed by atoms with Gasteiger partial charge in [0.2, 0.25) is 0 Å². The van der Waals surface area contributed by atoms with Gasteiger partial charge in [0.25, 0.3) is 5.91 Å². The minimum atomic E-state index is 0.0116. The van der Waals surface area contributed by atoms with Crippen molar-refractivity contribution in [3.63, 3.8) is 0 Å². The number of hydrogen-bond donors (Lipinski definition) is 1. The zero-order valence-electron chi connectivity index (χ0n) is 12.1. The summed E-state index contributed by atoms with van der Waals surface area (Å²) in [4.78, 5) is 12.2. The molecule has 1 N–H and O–H groups in total. The summed E-state index contributed by atoms with van der Waals surface area (Å²) in [5.41, 5.74) is 3.05. The highest BCUT2D eigenvalue weighted by Gasteiger charge is 2.12. The van der Waals surface area contributed by atoms with Gasteiger partial charge in [0.05, 0.1) is 0 Å². The first-order valence-electron chi connectivity index (χ1n) is 7.11. The Morgan fingerprint density at radius 3 is 2.35 bits per heavy atom. The summed E-state index contributed by atoms with van der Waals surface area (Å²) < 4.78 is 0. The summed E-state index contributed by atoms with van der Waals surface area (Å²) in [7, 11) is 0. The van der Waals surface area contributed by atoms with Crippen molar-refractivity contribution in [2.75, 3.05) is 6.54 Å². The van der Waals surface area contributed by atoms with Crippen LogP contribution in [0, 0.1) is 6.92 Å². The Morgan fingerprint density at radius 2 is 1.70 bits per heavy atom. The highest BCUT2D eigenvalue weighted by Crippen LogP contribution is 2.18. The van der Waals surface area contributed by atoms with Gasteiger partial charge in [0.15, 0.2) is 0 Å². The maximum Gasteiger partial charge on any atom is 0.251 e. The molecule has 0 spiro atoms. The van der Waals surface area contributed by atoms with E-state index in [2.05, 4.69) is 24.4 Å². The molecule has 20 heavy (non-hydrogen) atoms. The molecule has 104 valence electrons. The van der Waals surface area contributed by atoms with E-state index in [-0.39, 0.29) is 5.91 Å². The van der Waals surface area contributed by atoms with E-state index >= 15 is 0 Å². The van der Waals surface area contributed by atoms with Crippen molar-refractivity contribution in [1.29, 1.82) is 0 Å². The van der Waals surface area contributed by atoms with Gasteiger partial charge in [-0.3, -0.25) is 4.79 Å². The molecule has 1 atom stereocenters. The number of nitrogens with one attached hydrogen (secondary N) is 1. The van der Waals surface area contributed by atoms with E-state index in [9.17, 15) is 4.79 Å². The molecule has 2 nitrogen and oxygen atoms in total. The van der Waals surface area contributed by atoms with Crippen LogP contribution in [0.15, 0.2) is 54.6 Å². The van der Waals surface area contributed by atoms with Gasteiger partial charge < -0.3 is 5.32 Å². The standard InChI is InChI=1S/C18H21NO/c1-3-15(16-10-5-4-6-11-16)13-19-18(20)17-12-8-7-9-14(17)2/h4-12,15H,3,13H2,1-2H3,(H,19,20). The van der Waals surface area contributed by atoms with Gasteiger partial charge in [-0.2, -0.15) is 0 Å². The number of aryl methyl sites for hydroxylation is 1. The van der Waals surface area contributed by atoms with Crippen LogP contribution < -0.4 is 5.32 Å². The Balaban J connectivity index is 2.01. The van der Waals surface area contributed by atoms with Crippen molar-refractivity contribution in [1.82, 2.24) is 5.32 Å². The predicted octanol–water partition coefficient (Wildman–Crippen LogP) is 3.92. The van der Waals surface area contributed by atoms with E-state index < -0.39 is 0 Å². The molecule has 0 aliphatic rings. The van der Waals surface area contributed by atoms with Crippen molar-refractivity contribution in [3.05, 3.63) is 71.3 Å². The Hall–Kier alpha value is -2.09. The van der Waals surface area contributed by atoms with Crippen LogP contribution in [0.4, 0.5) is 0 Å². The summed E-state index contributed by atoms with van der Waals surface area (Å²) in [5.74, 6) is 0.377. The van der Waals surface area contributed by atoms with Crippen molar-refractivity contribution < 1.29 is 4.79 Å². The van der Waals surface area contributed by atoms with Crippen LogP contribution in [0.1, 0.15) is 40.7 Å². The van der Waals surface area contributed by atoms with Gasteiger partial charge in [-0.05, 0) is 30.5 Å². The molecule has 0 saturated heterocycles. The Morgan fingerprint density at radius 1 is 1.05 bits per heavy atom. The van der Waals surface area contributed by atoms with E-state index in [1.54, 1.807) is 0 Å². The average molecular weight is 267 g/mol. The fraction of sp³-hybridized carbons (Fsp3) is 0.278. The van der Waals surface area contributed by atoms with Crippen LogP contribution in [0.2, 0.25) is 0 Å². The zero-order valence-corrected chi connectivity index (χ0v) is 12.1. The minimum absolute atomic E-state index is 0.0116. The van der Waals surface area contributed by atoms with Gasteiger partial charge >= 0.3 is 0 Å². The third-order valence-corrected chi connectivity index (χ3v) is 3.66. The van der Waals surface area contributed by atoms with Crippen molar-refractivity contribution >= 4 is 5.91 Å². The molecule has 0 heterocycles. The quantitative estimate of drug-likeness (QED) is 0.874. The number of carbonyl (C=O) groups excluding carboxylic acids is 1. The number of benzene rings is 2. The first-order valence-corrected chi connectivity index (χ1v) is 7.11. The van der Waals surface area contributed by atoms with Crippen molar-refractivity contribution in [3.8, 4) is 0 Å². The van der Waals surface area contributed by atoms with Crippen LogP contribution in [-0.2, 0) is 0 Å². The molecular formula is C18H21NO. The molecule has 0 aromatic heterocycles. The van der Waals surface area contributed by atoms with E-state index in [1.807, 2.05) is 49.4 Å². The van der Waals surface area contributed by atoms with Crippen molar-refractivity contribution in [2.45, 2.75) is 26.2 Å². The van der Waals surface area contributed by atoms with E-state index in [0.29, 0.717) is 12.5 Å². The highest BCUT2D eigenvalue weighted by atomic mass is 16.1. The topological polar surface area (TPSA) is 29.1 Å². The smallest absolute Gasteiger partial charge is 0.251 e. The predicted molar refractivity (Wildman–Crippen MR) is 83.0 cm³/mol. The minimum Gasteiger partial charge on any atom is -0.351 e. The van der Waals surface area contributed by atoms with Gasteiger partial charge in [-0.25, -0.2) is 0 Å². The summed E-state index contributed by atoms with van der Waals surface area (Å²) in [6.45, 7) is 4.79. The van der Waals surface area contributed by atoms with E-state index in [1.165, 1.54) is 5.56 Å². The van der Waals surface area contributed by atoms with Crippen LogP contribution in [0.3, 0.4) is 0 Å². The number of rotatable bonds is 5. The van der Waals surface area contributed by atoms with Crippen molar-refractivity contribution in [2.24, 2.45) is 0 Å². The van der Waals surface area contributed by atoms with E-state index in [4.69, 9.17) is 0 Å². The summed E-state index contributed by atoms with van der Waals surface area (Å²) in [6, 6.07) is 18.0. The fourth-order valence-electron chi connectivity index (χ4n) is 2.36. The summed E-state index contributed by atoms with van der Waals surface area (Å²) in [6.07, 6.45) is 1.01. The molecule has 2 heteroatoms. The van der Waals surface area contributed by atoms with Crippen LogP contribution in [-0.4, -0.2) is 12.5 Å². The molecule has 2 rings (SSSR count). The normalized spacial score (nSPS) is 11.9. The van der Waals surface area contributed by atoms with Gasteiger partial charge in [-0.15, -0.1) is 0 Å². The molecule has 0 saturated carbocycles. The third-order valence-electron chi connectivity index (χ3n) is 3.66. The number of amides is 1. The molecule has 2 aromatic carbocycles. The number of carbonyl (C=O) groups is 1. The maximum absolute atomic E-state index is 12.2. The van der Waals surface area contributed by atoms with Gasteiger partial charge in [-0.1, -0.05) is 55.5 Å². The van der Waals surface area contributed by atoms with E-state index in [0.717, 1.165) is 17.5 Å². The highest BCUT2D eigenvalue weighted by molar-refractivity contribution is 5.95. The average Bonchev–Trinajstić information content (AvgIpc) is 2.49.